The molecular formula is C17H17N7S. The summed E-state index contributed by atoms with van der Waals surface area (Å²) >= 11 is 5.42. The molecule has 0 fully saturated rings. The Hall–Kier alpha value is -3.00. The maximum Gasteiger partial charge on any atom is 0.200 e. The lowest BCUT2D eigenvalue weighted by Gasteiger charge is -2.04. The zero-order chi connectivity index (χ0) is 17.4. The van der Waals surface area contributed by atoms with Gasteiger partial charge >= 0.3 is 0 Å². The second kappa shape index (κ2) is 6.14. The molecule has 0 unspecified atom stereocenters. The standard InChI is InChI=1S/C17H17N7S/c1-12-8-15(22(2)21-12)16-19-20-17(25)24(16)14-9-18-23(11-14)10-13-6-4-3-5-7-13/h3-9,11H,10H2,1-2H3,(H,20,25). The molecule has 0 aliphatic rings. The smallest absolute Gasteiger partial charge is 0.200 e. The van der Waals surface area contributed by atoms with Crippen LogP contribution in [0.4, 0.5) is 0 Å². The third-order valence-electron chi connectivity index (χ3n) is 3.97. The normalized spacial score (nSPS) is 11.1. The molecule has 25 heavy (non-hydrogen) atoms. The number of nitrogens with one attached hydrogen (secondary N) is 1. The largest absolute Gasteiger partial charge is 0.266 e. The topological polar surface area (TPSA) is 69.2 Å². The summed E-state index contributed by atoms with van der Waals surface area (Å²) in [6, 6.07) is 12.2. The summed E-state index contributed by atoms with van der Waals surface area (Å²) < 4.78 is 6.08. The molecule has 3 heterocycles. The minimum Gasteiger partial charge on any atom is -0.266 e. The fourth-order valence-electron chi connectivity index (χ4n) is 2.85. The van der Waals surface area contributed by atoms with Gasteiger partial charge in [0.1, 0.15) is 5.69 Å². The van der Waals surface area contributed by atoms with Gasteiger partial charge in [0.25, 0.3) is 0 Å². The number of H-pyrrole nitrogens is 1. The van der Waals surface area contributed by atoms with E-state index in [1.54, 1.807) is 10.9 Å². The number of hydrogen-bond donors (Lipinski definition) is 1. The molecule has 0 aliphatic heterocycles. The number of aromatic nitrogens is 7. The Labute approximate surface area is 149 Å². The molecule has 0 saturated carbocycles. The molecule has 0 spiro atoms. The number of aromatic amines is 1. The van der Waals surface area contributed by atoms with Crippen LogP contribution in [0, 0.1) is 11.7 Å². The first-order chi connectivity index (χ1) is 12.1. The fraction of sp³-hybridized carbons (Fsp3) is 0.176. The predicted molar refractivity (Wildman–Crippen MR) is 97.0 cm³/mol. The molecule has 0 saturated heterocycles. The van der Waals surface area contributed by atoms with E-state index in [0.717, 1.165) is 17.1 Å². The molecule has 0 radical (unpaired) electrons. The fourth-order valence-corrected chi connectivity index (χ4v) is 3.09. The molecule has 0 aliphatic carbocycles. The number of nitrogens with zero attached hydrogens (tertiary/aromatic N) is 6. The zero-order valence-electron chi connectivity index (χ0n) is 13.9. The van der Waals surface area contributed by atoms with Crippen LogP contribution < -0.4 is 0 Å². The monoisotopic (exact) mass is 351 g/mol. The van der Waals surface area contributed by atoms with E-state index < -0.39 is 0 Å². The number of benzene rings is 1. The minimum atomic E-state index is 0.521. The molecule has 8 heteroatoms. The van der Waals surface area contributed by atoms with Gasteiger partial charge in [0.05, 0.1) is 24.1 Å². The summed E-state index contributed by atoms with van der Waals surface area (Å²) in [5.74, 6) is 0.715. The quantitative estimate of drug-likeness (QED) is 0.574. The van der Waals surface area contributed by atoms with Gasteiger partial charge in [-0.15, -0.1) is 0 Å². The van der Waals surface area contributed by atoms with E-state index >= 15 is 0 Å². The summed E-state index contributed by atoms with van der Waals surface area (Å²) in [5.41, 5.74) is 3.87. The molecule has 3 aromatic heterocycles. The Morgan fingerprint density at radius 1 is 1.20 bits per heavy atom. The van der Waals surface area contributed by atoms with E-state index in [1.165, 1.54) is 5.56 Å². The zero-order valence-corrected chi connectivity index (χ0v) is 14.7. The van der Waals surface area contributed by atoms with Crippen molar-refractivity contribution in [1.29, 1.82) is 0 Å². The van der Waals surface area contributed by atoms with Gasteiger partial charge in [0, 0.05) is 13.2 Å². The van der Waals surface area contributed by atoms with Crippen LogP contribution >= 0.6 is 12.2 Å². The van der Waals surface area contributed by atoms with E-state index in [-0.39, 0.29) is 0 Å². The Bertz CT molecular complexity index is 1070. The van der Waals surface area contributed by atoms with Gasteiger partial charge < -0.3 is 0 Å². The van der Waals surface area contributed by atoms with Crippen LogP contribution in [0.3, 0.4) is 0 Å². The highest BCUT2D eigenvalue weighted by atomic mass is 32.1. The molecular weight excluding hydrogens is 334 g/mol. The van der Waals surface area contributed by atoms with E-state index in [1.807, 2.05) is 53.7 Å². The SMILES string of the molecule is Cc1cc(-c2n[nH]c(=S)n2-c2cnn(Cc3ccccc3)c2)n(C)n1. The van der Waals surface area contributed by atoms with E-state index in [4.69, 9.17) is 12.2 Å². The van der Waals surface area contributed by atoms with Gasteiger partial charge in [-0.2, -0.15) is 15.3 Å². The van der Waals surface area contributed by atoms with Crippen LogP contribution in [0.2, 0.25) is 0 Å². The van der Waals surface area contributed by atoms with Crippen molar-refractivity contribution in [1.82, 2.24) is 34.3 Å². The highest BCUT2D eigenvalue weighted by molar-refractivity contribution is 7.71. The van der Waals surface area contributed by atoms with Crippen molar-refractivity contribution in [3.8, 4) is 17.2 Å². The van der Waals surface area contributed by atoms with Crippen molar-refractivity contribution < 1.29 is 0 Å². The van der Waals surface area contributed by atoms with Crippen LogP contribution in [0.1, 0.15) is 11.3 Å². The lowest BCUT2D eigenvalue weighted by Crippen LogP contribution is -2.02. The minimum absolute atomic E-state index is 0.521. The van der Waals surface area contributed by atoms with Crippen molar-refractivity contribution in [2.24, 2.45) is 7.05 Å². The first-order valence-electron chi connectivity index (χ1n) is 7.87. The van der Waals surface area contributed by atoms with Crippen LogP contribution in [0.5, 0.6) is 0 Å². The van der Waals surface area contributed by atoms with E-state index in [2.05, 4.69) is 32.5 Å². The van der Waals surface area contributed by atoms with Gasteiger partial charge in [-0.05, 0) is 30.8 Å². The summed E-state index contributed by atoms with van der Waals surface area (Å²) in [6.07, 6.45) is 3.76. The average Bonchev–Trinajstić information content (AvgIpc) is 3.27. The second-order valence-electron chi connectivity index (χ2n) is 5.86. The Morgan fingerprint density at radius 2 is 2.00 bits per heavy atom. The van der Waals surface area contributed by atoms with Gasteiger partial charge in [-0.25, -0.2) is 0 Å². The van der Waals surface area contributed by atoms with Gasteiger partial charge in [-0.3, -0.25) is 19.0 Å². The summed E-state index contributed by atoms with van der Waals surface area (Å²) in [6.45, 7) is 2.65. The van der Waals surface area contributed by atoms with Gasteiger partial charge in [0.15, 0.2) is 10.6 Å². The summed E-state index contributed by atoms with van der Waals surface area (Å²) in [4.78, 5) is 0. The highest BCUT2D eigenvalue weighted by Gasteiger charge is 2.16. The average molecular weight is 351 g/mol. The molecule has 1 N–H and O–H groups in total. The van der Waals surface area contributed by atoms with Crippen molar-refractivity contribution in [2.75, 3.05) is 0 Å². The predicted octanol–water partition coefficient (Wildman–Crippen LogP) is 2.88. The first kappa shape index (κ1) is 15.5. The van der Waals surface area contributed by atoms with E-state index in [9.17, 15) is 0 Å². The van der Waals surface area contributed by atoms with Crippen LogP contribution in [-0.4, -0.2) is 34.3 Å². The molecule has 0 bridgehead atoms. The number of aryl methyl sites for hydroxylation is 2. The van der Waals surface area contributed by atoms with Crippen LogP contribution in [0.25, 0.3) is 17.2 Å². The molecule has 0 amide bonds. The van der Waals surface area contributed by atoms with Crippen LogP contribution in [-0.2, 0) is 13.6 Å². The summed E-state index contributed by atoms with van der Waals surface area (Å²) in [7, 11) is 1.89. The Morgan fingerprint density at radius 3 is 2.72 bits per heavy atom. The Kier molecular flexibility index (Phi) is 3.81. The van der Waals surface area contributed by atoms with Gasteiger partial charge in [-0.1, -0.05) is 30.3 Å². The lowest BCUT2D eigenvalue weighted by atomic mass is 10.2. The Balaban J connectivity index is 1.73. The molecule has 1 aromatic carbocycles. The third kappa shape index (κ3) is 2.91. The molecule has 126 valence electrons. The molecule has 4 rings (SSSR count). The van der Waals surface area contributed by atoms with E-state index in [0.29, 0.717) is 17.1 Å². The maximum atomic E-state index is 5.42. The maximum absolute atomic E-state index is 5.42. The molecule has 0 atom stereocenters. The van der Waals surface area contributed by atoms with Crippen molar-refractivity contribution in [3.05, 3.63) is 64.8 Å². The number of hydrogen-bond acceptors (Lipinski definition) is 4. The second-order valence-corrected chi connectivity index (χ2v) is 6.25. The molecule has 4 aromatic rings. The van der Waals surface area contributed by atoms with Crippen LogP contribution in [0.15, 0.2) is 48.8 Å². The molecule has 7 nitrogen and oxygen atoms in total. The summed E-state index contributed by atoms with van der Waals surface area (Å²) in [5, 5.41) is 16.1. The third-order valence-corrected chi connectivity index (χ3v) is 4.24. The lowest BCUT2D eigenvalue weighted by molar-refractivity contribution is 0.686. The highest BCUT2D eigenvalue weighted by Crippen LogP contribution is 2.21. The number of rotatable bonds is 4. The van der Waals surface area contributed by atoms with Gasteiger partial charge in [0.2, 0.25) is 0 Å². The van der Waals surface area contributed by atoms with Crippen molar-refractivity contribution >= 4 is 12.2 Å². The first-order valence-corrected chi connectivity index (χ1v) is 8.28. The van der Waals surface area contributed by atoms with Crippen molar-refractivity contribution in [2.45, 2.75) is 13.5 Å². The van der Waals surface area contributed by atoms with Crippen molar-refractivity contribution in [3.63, 3.8) is 0 Å².